The number of hydrogen-bond acceptors (Lipinski definition) is 3. The van der Waals surface area contributed by atoms with Gasteiger partial charge in [0.25, 0.3) is 0 Å². The first-order valence-electron chi connectivity index (χ1n) is 7.92. The van der Waals surface area contributed by atoms with Gasteiger partial charge in [-0.05, 0) is 50.4 Å². The predicted molar refractivity (Wildman–Crippen MR) is 89.0 cm³/mol. The minimum Gasteiger partial charge on any atom is -0.324 e. The van der Waals surface area contributed by atoms with E-state index in [-0.39, 0.29) is 11.8 Å². The molecule has 1 aromatic carbocycles. The maximum atomic E-state index is 12.2. The van der Waals surface area contributed by atoms with Gasteiger partial charge >= 0.3 is 0 Å². The summed E-state index contributed by atoms with van der Waals surface area (Å²) in [6.07, 6.45) is 3.76. The molecule has 0 unspecified atom stereocenters. The van der Waals surface area contributed by atoms with Gasteiger partial charge in [-0.15, -0.1) is 0 Å². The molecule has 0 spiro atoms. The number of rotatable bonds is 5. The first kappa shape index (κ1) is 16.5. The zero-order chi connectivity index (χ0) is 15.9. The molecule has 0 radical (unpaired) electrons. The summed E-state index contributed by atoms with van der Waals surface area (Å²) in [7, 11) is 1.71. The lowest BCUT2D eigenvalue weighted by atomic mass is 9.93. The topological polar surface area (TPSA) is 61.4 Å². The van der Waals surface area contributed by atoms with Crippen LogP contribution in [0.15, 0.2) is 24.3 Å². The highest BCUT2D eigenvalue weighted by atomic mass is 16.2. The average Bonchev–Trinajstić information content (AvgIpc) is 2.53. The number of carbonyl (C=O) groups excluding carboxylic acids is 2. The molecule has 2 amide bonds. The summed E-state index contributed by atoms with van der Waals surface area (Å²) in [6, 6.07) is 7.39. The fraction of sp³-hybridized carbons (Fsp3) is 0.529. The van der Waals surface area contributed by atoms with Crippen molar-refractivity contribution in [3.8, 4) is 0 Å². The molecule has 1 aliphatic rings. The molecule has 0 atom stereocenters. The van der Waals surface area contributed by atoms with Crippen molar-refractivity contribution in [3.05, 3.63) is 24.3 Å². The van der Waals surface area contributed by atoms with E-state index >= 15 is 0 Å². The highest BCUT2D eigenvalue weighted by Gasteiger charge is 2.16. The predicted octanol–water partition coefficient (Wildman–Crippen LogP) is 2.39. The zero-order valence-electron chi connectivity index (χ0n) is 13.4. The summed E-state index contributed by atoms with van der Waals surface area (Å²) in [5.74, 6) is 0.599. The lowest BCUT2D eigenvalue weighted by molar-refractivity contribution is -0.117. The molecule has 1 saturated heterocycles. The second kappa shape index (κ2) is 7.94. The van der Waals surface area contributed by atoms with Crippen LogP contribution in [0.4, 0.5) is 11.4 Å². The molecule has 22 heavy (non-hydrogen) atoms. The summed E-state index contributed by atoms with van der Waals surface area (Å²) in [5, 5.41) is 6.27. The molecule has 0 aliphatic carbocycles. The van der Waals surface area contributed by atoms with Gasteiger partial charge in [-0.3, -0.25) is 9.59 Å². The molecular formula is C17H25N3O2. The van der Waals surface area contributed by atoms with Crippen LogP contribution in [0.5, 0.6) is 0 Å². The van der Waals surface area contributed by atoms with Crippen molar-refractivity contribution >= 4 is 23.2 Å². The second-order valence-electron chi connectivity index (χ2n) is 5.88. The number of benzene rings is 1. The average molecular weight is 303 g/mol. The first-order chi connectivity index (χ1) is 10.6. The van der Waals surface area contributed by atoms with Crippen LogP contribution in [-0.4, -0.2) is 32.0 Å². The van der Waals surface area contributed by atoms with Crippen LogP contribution in [-0.2, 0) is 9.59 Å². The highest BCUT2D eigenvalue weighted by molar-refractivity contribution is 5.99. The molecule has 2 N–H and O–H groups in total. The number of amides is 2. The van der Waals surface area contributed by atoms with Crippen molar-refractivity contribution in [1.29, 1.82) is 0 Å². The Balaban J connectivity index is 1.92. The number of carbonyl (C=O) groups is 2. The van der Waals surface area contributed by atoms with Crippen LogP contribution in [0.3, 0.4) is 0 Å². The number of anilines is 2. The van der Waals surface area contributed by atoms with Crippen LogP contribution < -0.4 is 15.5 Å². The Kier molecular flexibility index (Phi) is 5.95. The number of hydrogen-bond donors (Lipinski definition) is 2. The number of para-hydroxylation sites is 2. The van der Waals surface area contributed by atoms with E-state index in [1.165, 1.54) is 6.92 Å². The van der Waals surface area contributed by atoms with Crippen molar-refractivity contribution in [1.82, 2.24) is 5.32 Å². The molecule has 2 rings (SSSR count). The quantitative estimate of drug-likeness (QED) is 0.878. The summed E-state index contributed by atoms with van der Waals surface area (Å²) in [6.45, 7) is 3.62. The molecule has 1 aromatic rings. The fourth-order valence-corrected chi connectivity index (χ4v) is 2.76. The SMILES string of the molecule is CC(=O)N(C)c1ccccc1NC(=O)CCC1CCNCC1. The molecule has 5 nitrogen and oxygen atoms in total. The first-order valence-corrected chi connectivity index (χ1v) is 7.92. The molecule has 0 bridgehead atoms. The minimum atomic E-state index is -0.0589. The normalized spacial score (nSPS) is 15.4. The molecule has 120 valence electrons. The van der Waals surface area contributed by atoms with Gasteiger partial charge in [-0.1, -0.05) is 12.1 Å². The molecule has 0 aromatic heterocycles. The van der Waals surface area contributed by atoms with Crippen molar-refractivity contribution < 1.29 is 9.59 Å². The Morgan fingerprint density at radius 1 is 1.27 bits per heavy atom. The summed E-state index contributed by atoms with van der Waals surface area (Å²) < 4.78 is 0. The van der Waals surface area contributed by atoms with E-state index in [0.29, 0.717) is 18.0 Å². The zero-order valence-corrected chi connectivity index (χ0v) is 13.4. The molecule has 1 heterocycles. The van der Waals surface area contributed by atoms with Gasteiger partial charge in [0.1, 0.15) is 0 Å². The Hall–Kier alpha value is -1.88. The molecule has 1 aliphatic heterocycles. The Labute approximate surface area is 132 Å². The lowest BCUT2D eigenvalue weighted by Gasteiger charge is -2.22. The van der Waals surface area contributed by atoms with E-state index in [9.17, 15) is 9.59 Å². The molecular weight excluding hydrogens is 278 g/mol. The maximum Gasteiger partial charge on any atom is 0.224 e. The molecule has 0 saturated carbocycles. The van der Waals surface area contributed by atoms with Gasteiger partial charge in [-0.25, -0.2) is 0 Å². The van der Waals surface area contributed by atoms with Gasteiger partial charge < -0.3 is 15.5 Å². The summed E-state index contributed by atoms with van der Waals surface area (Å²) in [4.78, 5) is 25.2. The Bertz CT molecular complexity index is 524. The van der Waals surface area contributed by atoms with Gasteiger partial charge in [0.15, 0.2) is 0 Å². The molecule has 5 heteroatoms. The smallest absolute Gasteiger partial charge is 0.224 e. The van der Waals surface area contributed by atoms with Crippen molar-refractivity contribution in [3.63, 3.8) is 0 Å². The number of piperidine rings is 1. The largest absolute Gasteiger partial charge is 0.324 e. The van der Waals surface area contributed by atoms with E-state index in [0.717, 1.165) is 38.0 Å². The third kappa shape index (κ3) is 4.56. The number of nitrogens with one attached hydrogen (secondary N) is 2. The summed E-state index contributed by atoms with van der Waals surface area (Å²) in [5.41, 5.74) is 1.42. The Morgan fingerprint density at radius 3 is 2.64 bits per heavy atom. The van der Waals surface area contributed by atoms with Crippen molar-refractivity contribution in [2.75, 3.05) is 30.4 Å². The van der Waals surface area contributed by atoms with E-state index in [4.69, 9.17) is 0 Å². The third-order valence-corrected chi connectivity index (χ3v) is 4.25. The lowest BCUT2D eigenvalue weighted by Crippen LogP contribution is -2.28. The van der Waals surface area contributed by atoms with Crippen molar-refractivity contribution in [2.45, 2.75) is 32.6 Å². The standard InChI is InChI=1S/C17H25N3O2/c1-13(21)20(2)16-6-4-3-5-15(16)19-17(22)8-7-14-9-11-18-12-10-14/h3-6,14,18H,7-12H2,1-2H3,(H,19,22). The van der Waals surface area contributed by atoms with Gasteiger partial charge in [0, 0.05) is 20.4 Å². The van der Waals surface area contributed by atoms with Gasteiger partial charge in [0.2, 0.25) is 11.8 Å². The van der Waals surface area contributed by atoms with Crippen LogP contribution in [0.25, 0.3) is 0 Å². The number of nitrogens with zero attached hydrogens (tertiary/aromatic N) is 1. The second-order valence-corrected chi connectivity index (χ2v) is 5.88. The van der Waals surface area contributed by atoms with Crippen LogP contribution >= 0.6 is 0 Å². The Morgan fingerprint density at radius 2 is 1.95 bits per heavy atom. The third-order valence-electron chi connectivity index (χ3n) is 4.25. The van der Waals surface area contributed by atoms with E-state index in [1.54, 1.807) is 11.9 Å². The fourth-order valence-electron chi connectivity index (χ4n) is 2.76. The van der Waals surface area contributed by atoms with Gasteiger partial charge in [0.05, 0.1) is 11.4 Å². The van der Waals surface area contributed by atoms with Crippen LogP contribution in [0.1, 0.15) is 32.6 Å². The van der Waals surface area contributed by atoms with E-state index < -0.39 is 0 Å². The maximum absolute atomic E-state index is 12.2. The minimum absolute atomic E-state index is 0.0166. The molecule has 1 fully saturated rings. The monoisotopic (exact) mass is 303 g/mol. The van der Waals surface area contributed by atoms with Crippen LogP contribution in [0.2, 0.25) is 0 Å². The van der Waals surface area contributed by atoms with E-state index in [1.807, 2.05) is 24.3 Å². The van der Waals surface area contributed by atoms with Crippen LogP contribution in [0, 0.1) is 5.92 Å². The van der Waals surface area contributed by atoms with E-state index in [2.05, 4.69) is 10.6 Å². The van der Waals surface area contributed by atoms with Crippen molar-refractivity contribution in [2.24, 2.45) is 5.92 Å². The highest BCUT2D eigenvalue weighted by Crippen LogP contribution is 2.25. The van der Waals surface area contributed by atoms with Gasteiger partial charge in [-0.2, -0.15) is 0 Å². The summed E-state index contributed by atoms with van der Waals surface area (Å²) >= 11 is 0.